The maximum Gasteiger partial charge on any atom is 0.337 e. The number of methoxy groups -OCH3 is 1. The van der Waals surface area contributed by atoms with Crippen LogP contribution in [0.4, 0.5) is 5.69 Å². The lowest BCUT2D eigenvalue weighted by Crippen LogP contribution is -2.34. The number of ether oxygens (including phenoxy) is 1. The van der Waals surface area contributed by atoms with Gasteiger partial charge in [0, 0.05) is 24.7 Å². The summed E-state index contributed by atoms with van der Waals surface area (Å²) in [5.74, 6) is -0.973. The summed E-state index contributed by atoms with van der Waals surface area (Å²) in [4.78, 5) is 35.2. The highest BCUT2D eigenvalue weighted by atomic mass is 32.1. The van der Waals surface area contributed by atoms with Crippen molar-refractivity contribution in [1.29, 1.82) is 0 Å². The molecular weight excluding hydrogens is 378 g/mol. The molecule has 28 heavy (non-hydrogen) atoms. The van der Waals surface area contributed by atoms with Crippen LogP contribution in [0.5, 0.6) is 0 Å². The van der Waals surface area contributed by atoms with Crippen molar-refractivity contribution >= 4 is 40.8 Å². The molecule has 3 N–H and O–H groups in total. The smallest absolute Gasteiger partial charge is 0.337 e. The number of rotatable bonds is 6. The van der Waals surface area contributed by atoms with E-state index in [1.807, 2.05) is 24.3 Å². The Morgan fingerprint density at radius 2 is 1.71 bits per heavy atom. The van der Waals surface area contributed by atoms with Crippen molar-refractivity contribution in [2.24, 2.45) is 0 Å². The molecule has 0 fully saturated rings. The first kappa shape index (κ1) is 21.0. The summed E-state index contributed by atoms with van der Waals surface area (Å²) in [5.41, 5.74) is 2.29. The largest absolute Gasteiger partial charge is 0.465 e. The van der Waals surface area contributed by atoms with E-state index < -0.39 is 11.9 Å². The normalized spacial score (nSPS) is 9.93. The number of aryl methyl sites for hydroxylation is 1. The van der Waals surface area contributed by atoms with Crippen LogP contribution in [0.2, 0.25) is 0 Å². The summed E-state index contributed by atoms with van der Waals surface area (Å²) in [6.45, 7) is 0. The molecule has 146 valence electrons. The predicted octanol–water partition coefficient (Wildman–Crippen LogP) is 2.28. The van der Waals surface area contributed by atoms with E-state index in [2.05, 4.69) is 20.7 Å². The van der Waals surface area contributed by atoms with Crippen molar-refractivity contribution in [2.75, 3.05) is 19.5 Å². The van der Waals surface area contributed by atoms with Gasteiger partial charge >= 0.3 is 5.97 Å². The molecular formula is C20H21N3O4S. The third-order valence-corrected chi connectivity index (χ3v) is 4.11. The van der Waals surface area contributed by atoms with E-state index in [1.54, 1.807) is 25.2 Å². The number of carbonyl (C=O) groups excluding carboxylic acids is 3. The van der Waals surface area contributed by atoms with Gasteiger partial charge in [-0.2, -0.15) is 0 Å². The van der Waals surface area contributed by atoms with Crippen molar-refractivity contribution in [3.63, 3.8) is 0 Å². The van der Waals surface area contributed by atoms with Crippen molar-refractivity contribution in [2.45, 2.75) is 12.8 Å². The average Bonchev–Trinajstić information content (AvgIpc) is 2.72. The van der Waals surface area contributed by atoms with Gasteiger partial charge in [-0.3, -0.25) is 14.9 Å². The highest BCUT2D eigenvalue weighted by Gasteiger charge is 2.12. The number of amides is 2. The summed E-state index contributed by atoms with van der Waals surface area (Å²) in [6.07, 6.45) is 1.06. The second-order valence-electron chi connectivity index (χ2n) is 5.85. The maximum atomic E-state index is 12.3. The number of esters is 1. The van der Waals surface area contributed by atoms with Crippen LogP contribution in [0.1, 0.15) is 32.7 Å². The van der Waals surface area contributed by atoms with Gasteiger partial charge < -0.3 is 15.4 Å². The van der Waals surface area contributed by atoms with Crippen LogP contribution >= 0.6 is 12.2 Å². The minimum absolute atomic E-state index is 0.0117. The minimum atomic E-state index is -0.521. The quantitative estimate of drug-likeness (QED) is 0.509. The molecule has 2 rings (SSSR count). The molecule has 2 aromatic carbocycles. The van der Waals surface area contributed by atoms with Crippen molar-refractivity contribution in [3.05, 3.63) is 65.2 Å². The van der Waals surface area contributed by atoms with Crippen LogP contribution < -0.4 is 16.0 Å². The first-order chi connectivity index (χ1) is 13.4. The molecule has 0 aliphatic carbocycles. The van der Waals surface area contributed by atoms with Crippen LogP contribution in [0.3, 0.4) is 0 Å². The Labute approximate surface area is 168 Å². The zero-order valence-electron chi connectivity index (χ0n) is 15.6. The van der Waals surface area contributed by atoms with E-state index >= 15 is 0 Å². The molecule has 0 radical (unpaired) electrons. The lowest BCUT2D eigenvalue weighted by atomic mass is 10.1. The Balaban J connectivity index is 1.92. The molecule has 0 unspecified atom stereocenters. The number of anilines is 1. The molecule has 0 aliphatic heterocycles. The monoisotopic (exact) mass is 399 g/mol. The first-order valence-corrected chi connectivity index (χ1v) is 8.94. The van der Waals surface area contributed by atoms with Gasteiger partial charge in [0.2, 0.25) is 5.91 Å². The molecule has 0 atom stereocenters. The Morgan fingerprint density at radius 1 is 1.04 bits per heavy atom. The first-order valence-electron chi connectivity index (χ1n) is 8.53. The van der Waals surface area contributed by atoms with E-state index in [0.29, 0.717) is 18.5 Å². The second kappa shape index (κ2) is 10.2. The van der Waals surface area contributed by atoms with Gasteiger partial charge in [0.15, 0.2) is 5.11 Å². The minimum Gasteiger partial charge on any atom is -0.465 e. The molecule has 0 saturated heterocycles. The Bertz CT molecular complexity index is 881. The summed E-state index contributed by atoms with van der Waals surface area (Å²) in [6, 6.07) is 13.6. The van der Waals surface area contributed by atoms with Crippen LogP contribution in [0.15, 0.2) is 48.5 Å². The van der Waals surface area contributed by atoms with Crippen molar-refractivity contribution in [3.8, 4) is 0 Å². The molecule has 2 aromatic rings. The SMILES string of the molecule is CNC(=O)CCc1ccc(NC(=S)NC(=O)c2cccc(C(=O)OC)c2)cc1. The zero-order chi connectivity index (χ0) is 20.5. The number of benzene rings is 2. The Morgan fingerprint density at radius 3 is 2.36 bits per heavy atom. The molecule has 2 amide bonds. The third-order valence-electron chi connectivity index (χ3n) is 3.90. The molecule has 0 spiro atoms. The molecule has 8 heteroatoms. The van der Waals surface area contributed by atoms with Crippen LogP contribution in [0.25, 0.3) is 0 Å². The maximum absolute atomic E-state index is 12.3. The lowest BCUT2D eigenvalue weighted by Gasteiger charge is -2.11. The van der Waals surface area contributed by atoms with Gasteiger partial charge in [0.05, 0.1) is 12.7 Å². The predicted molar refractivity (Wildman–Crippen MR) is 110 cm³/mol. The number of thiocarbonyl (C=S) groups is 1. The van der Waals surface area contributed by atoms with Gasteiger partial charge in [0.25, 0.3) is 5.91 Å². The molecule has 0 heterocycles. The van der Waals surface area contributed by atoms with Crippen LogP contribution in [-0.2, 0) is 16.0 Å². The van der Waals surface area contributed by atoms with Crippen LogP contribution in [0, 0.1) is 0 Å². The fraction of sp³-hybridized carbons (Fsp3) is 0.200. The van der Waals surface area contributed by atoms with Crippen molar-refractivity contribution < 1.29 is 19.1 Å². The molecule has 7 nitrogen and oxygen atoms in total. The standard InChI is InChI=1S/C20H21N3O4S/c1-21-17(24)11-8-13-6-9-16(10-7-13)22-20(28)23-18(25)14-4-3-5-15(12-14)19(26)27-2/h3-7,9-10,12H,8,11H2,1-2H3,(H,21,24)(H2,22,23,25,28). The molecule has 0 aliphatic rings. The van der Waals surface area contributed by atoms with Gasteiger partial charge in [-0.05, 0) is 54.5 Å². The van der Waals surface area contributed by atoms with E-state index in [0.717, 1.165) is 5.56 Å². The van der Waals surface area contributed by atoms with Gasteiger partial charge in [-0.25, -0.2) is 4.79 Å². The highest BCUT2D eigenvalue weighted by Crippen LogP contribution is 2.12. The van der Waals surface area contributed by atoms with Crippen LogP contribution in [-0.4, -0.2) is 37.1 Å². The lowest BCUT2D eigenvalue weighted by molar-refractivity contribution is -0.120. The Hall–Kier alpha value is -3.26. The second-order valence-corrected chi connectivity index (χ2v) is 6.26. The summed E-state index contributed by atoms with van der Waals surface area (Å²) < 4.78 is 4.65. The zero-order valence-corrected chi connectivity index (χ0v) is 16.4. The summed E-state index contributed by atoms with van der Waals surface area (Å²) in [7, 11) is 2.88. The highest BCUT2D eigenvalue weighted by molar-refractivity contribution is 7.80. The van der Waals surface area contributed by atoms with Gasteiger partial charge in [-0.1, -0.05) is 18.2 Å². The number of carbonyl (C=O) groups is 3. The topological polar surface area (TPSA) is 96.5 Å². The van der Waals surface area contributed by atoms with E-state index in [1.165, 1.54) is 13.2 Å². The van der Waals surface area contributed by atoms with E-state index in [-0.39, 0.29) is 22.1 Å². The number of nitrogens with one attached hydrogen (secondary N) is 3. The average molecular weight is 399 g/mol. The summed E-state index contributed by atoms with van der Waals surface area (Å²) >= 11 is 5.17. The van der Waals surface area contributed by atoms with E-state index in [9.17, 15) is 14.4 Å². The molecule has 0 aromatic heterocycles. The third kappa shape index (κ3) is 6.17. The molecule has 0 saturated carbocycles. The number of hydrogen-bond acceptors (Lipinski definition) is 5. The van der Waals surface area contributed by atoms with Gasteiger partial charge in [-0.15, -0.1) is 0 Å². The number of hydrogen-bond donors (Lipinski definition) is 3. The van der Waals surface area contributed by atoms with Crippen molar-refractivity contribution in [1.82, 2.24) is 10.6 Å². The van der Waals surface area contributed by atoms with Gasteiger partial charge in [0.1, 0.15) is 0 Å². The summed E-state index contributed by atoms with van der Waals surface area (Å²) in [5, 5.41) is 8.20. The van der Waals surface area contributed by atoms with E-state index in [4.69, 9.17) is 12.2 Å². The molecule has 0 bridgehead atoms. The Kier molecular flexibility index (Phi) is 7.65. The fourth-order valence-corrected chi connectivity index (χ4v) is 2.59. The fourth-order valence-electron chi connectivity index (χ4n) is 2.38.